The standard InChI is InChI=1S/C30H41ClN2O2/c1-22(27-10-6-3-7-11-27)21-35-30(34)33-15-14-25(20-33)18-26(16-23-8-4-2-5-9-23)17-24-12-13-29(32)28(31)19-24/h3,6-7,10-11,13,17,19,22-25H,2,4-5,8-9,12,14-16,18,20-21,32H2,1H3. The van der Waals surface area contributed by atoms with Crippen LogP contribution >= 0.6 is 11.6 Å². The van der Waals surface area contributed by atoms with Gasteiger partial charge in [0.2, 0.25) is 0 Å². The third kappa shape index (κ3) is 7.64. The van der Waals surface area contributed by atoms with Gasteiger partial charge in [-0.1, -0.05) is 105 Å². The summed E-state index contributed by atoms with van der Waals surface area (Å²) >= 11 is 6.33. The maximum Gasteiger partial charge on any atom is 0.409 e. The molecule has 5 heteroatoms. The van der Waals surface area contributed by atoms with Gasteiger partial charge < -0.3 is 15.4 Å². The summed E-state index contributed by atoms with van der Waals surface area (Å²) in [5.41, 5.74) is 9.39. The number of benzene rings is 1. The van der Waals surface area contributed by atoms with Crippen LogP contribution in [0.1, 0.15) is 76.2 Å². The molecular formula is C30H41ClN2O2. The minimum Gasteiger partial charge on any atom is -0.449 e. The number of ether oxygens (including phenoxy) is 1. The Balaban J connectivity index is 1.32. The Labute approximate surface area is 216 Å². The summed E-state index contributed by atoms with van der Waals surface area (Å²) in [5.74, 6) is 1.80. The lowest BCUT2D eigenvalue weighted by atomic mass is 9.81. The van der Waals surface area contributed by atoms with Crippen LogP contribution in [0.2, 0.25) is 0 Å². The van der Waals surface area contributed by atoms with Crippen LogP contribution in [-0.4, -0.2) is 30.7 Å². The number of likely N-dealkylation sites (tertiary alicyclic amines) is 1. The van der Waals surface area contributed by atoms with Crippen LogP contribution in [0.4, 0.5) is 4.79 Å². The number of allylic oxidation sites excluding steroid dienone is 5. The number of hydrogen-bond acceptors (Lipinski definition) is 3. The molecule has 35 heavy (non-hydrogen) atoms. The maximum atomic E-state index is 12.8. The van der Waals surface area contributed by atoms with Gasteiger partial charge in [0.1, 0.15) is 0 Å². The van der Waals surface area contributed by atoms with E-state index >= 15 is 0 Å². The molecule has 0 bridgehead atoms. The van der Waals surface area contributed by atoms with E-state index < -0.39 is 0 Å². The van der Waals surface area contributed by atoms with Gasteiger partial charge in [-0.3, -0.25) is 0 Å². The lowest BCUT2D eigenvalue weighted by Crippen LogP contribution is -2.30. The fourth-order valence-corrected chi connectivity index (χ4v) is 6.05. The van der Waals surface area contributed by atoms with Crippen molar-refractivity contribution in [3.63, 3.8) is 0 Å². The summed E-state index contributed by atoms with van der Waals surface area (Å²) < 4.78 is 5.69. The van der Waals surface area contributed by atoms with Gasteiger partial charge in [0.15, 0.2) is 0 Å². The molecule has 0 spiro atoms. The number of carbonyl (C=O) groups is 1. The molecule has 3 unspecified atom stereocenters. The van der Waals surface area contributed by atoms with Crippen LogP contribution in [0.25, 0.3) is 0 Å². The Kier molecular flexibility index (Phi) is 9.37. The second-order valence-corrected chi connectivity index (χ2v) is 11.2. The van der Waals surface area contributed by atoms with Crippen molar-refractivity contribution in [1.29, 1.82) is 0 Å². The van der Waals surface area contributed by atoms with Gasteiger partial charge in [-0.05, 0) is 43.1 Å². The van der Waals surface area contributed by atoms with E-state index in [-0.39, 0.29) is 12.0 Å². The molecule has 2 fully saturated rings. The minimum absolute atomic E-state index is 0.171. The van der Waals surface area contributed by atoms with E-state index in [0.717, 1.165) is 38.3 Å². The van der Waals surface area contributed by atoms with Crippen LogP contribution < -0.4 is 5.73 Å². The number of hydrogen-bond donors (Lipinski definition) is 1. The quantitative estimate of drug-likeness (QED) is 0.378. The second-order valence-electron chi connectivity index (χ2n) is 10.8. The average molecular weight is 497 g/mol. The van der Waals surface area contributed by atoms with Gasteiger partial charge >= 0.3 is 6.09 Å². The van der Waals surface area contributed by atoms with Crippen molar-refractivity contribution in [2.45, 2.75) is 70.6 Å². The summed E-state index contributed by atoms with van der Waals surface area (Å²) in [6.07, 6.45) is 17.4. The van der Waals surface area contributed by atoms with E-state index in [0.29, 0.717) is 29.2 Å². The molecule has 1 saturated heterocycles. The lowest BCUT2D eigenvalue weighted by Gasteiger charge is -2.25. The second kappa shape index (κ2) is 12.7. The Bertz CT molecular complexity index is 933. The maximum absolute atomic E-state index is 12.8. The van der Waals surface area contributed by atoms with E-state index in [4.69, 9.17) is 22.1 Å². The summed E-state index contributed by atoms with van der Waals surface area (Å²) in [7, 11) is 0. The van der Waals surface area contributed by atoms with Gasteiger partial charge in [-0.25, -0.2) is 4.79 Å². The first-order chi connectivity index (χ1) is 17.0. The smallest absolute Gasteiger partial charge is 0.409 e. The van der Waals surface area contributed by atoms with Crippen LogP contribution in [0, 0.1) is 17.8 Å². The molecule has 4 nitrogen and oxygen atoms in total. The monoisotopic (exact) mass is 496 g/mol. The molecule has 2 aliphatic carbocycles. The number of amides is 1. The Morgan fingerprint density at radius 3 is 2.63 bits per heavy atom. The first kappa shape index (κ1) is 25.9. The normalized spacial score (nSPS) is 24.6. The number of nitrogens with zero attached hydrogens (tertiary/aromatic N) is 1. The summed E-state index contributed by atoms with van der Waals surface area (Å²) in [4.78, 5) is 14.7. The fraction of sp³-hybridized carbons (Fsp3) is 0.567. The van der Waals surface area contributed by atoms with Gasteiger partial charge in [0, 0.05) is 30.6 Å². The van der Waals surface area contributed by atoms with E-state index in [2.05, 4.69) is 31.2 Å². The van der Waals surface area contributed by atoms with Crippen molar-refractivity contribution < 1.29 is 9.53 Å². The average Bonchev–Trinajstić information content (AvgIpc) is 3.34. The third-order valence-corrected chi connectivity index (χ3v) is 8.24. The minimum atomic E-state index is -0.171. The number of halogens is 1. The summed E-state index contributed by atoms with van der Waals surface area (Å²) in [5, 5.41) is 0.675. The van der Waals surface area contributed by atoms with Gasteiger partial charge in [-0.2, -0.15) is 0 Å². The first-order valence-electron chi connectivity index (χ1n) is 13.5. The molecule has 1 aliphatic heterocycles. The number of nitrogens with two attached hydrogens (primary N) is 1. The number of carbonyl (C=O) groups excluding carboxylic acids is 1. The van der Waals surface area contributed by atoms with E-state index in [1.54, 1.807) is 0 Å². The SMILES string of the molecule is CC(COC(=O)N1CCC(CC(=CC2C=C(Cl)C(N)=CC2)CC2CCCCC2)C1)c1ccccc1. The van der Waals surface area contributed by atoms with Crippen LogP contribution in [0.5, 0.6) is 0 Å². The molecule has 0 aromatic heterocycles. The summed E-state index contributed by atoms with van der Waals surface area (Å²) in [6, 6.07) is 10.2. The van der Waals surface area contributed by atoms with Crippen molar-refractivity contribution in [3.8, 4) is 0 Å². The van der Waals surface area contributed by atoms with Gasteiger partial charge in [0.05, 0.1) is 11.6 Å². The highest BCUT2D eigenvalue weighted by molar-refractivity contribution is 6.32. The predicted molar refractivity (Wildman–Crippen MR) is 144 cm³/mol. The molecule has 1 amide bonds. The topological polar surface area (TPSA) is 55.6 Å². The molecule has 1 heterocycles. The zero-order valence-electron chi connectivity index (χ0n) is 21.1. The largest absolute Gasteiger partial charge is 0.449 e. The molecule has 2 N–H and O–H groups in total. The highest BCUT2D eigenvalue weighted by atomic mass is 35.5. The van der Waals surface area contributed by atoms with Crippen molar-refractivity contribution in [2.75, 3.05) is 19.7 Å². The number of rotatable bonds is 8. The van der Waals surface area contributed by atoms with Gasteiger partial charge in [-0.15, -0.1) is 0 Å². The Morgan fingerprint density at radius 1 is 1.14 bits per heavy atom. The van der Waals surface area contributed by atoms with Crippen molar-refractivity contribution >= 4 is 17.7 Å². The van der Waals surface area contributed by atoms with Crippen LogP contribution in [0.3, 0.4) is 0 Å². The Morgan fingerprint density at radius 2 is 1.89 bits per heavy atom. The summed E-state index contributed by atoms with van der Waals surface area (Å²) in [6.45, 7) is 4.10. The molecule has 3 aliphatic rings. The van der Waals surface area contributed by atoms with E-state index in [9.17, 15) is 4.79 Å². The molecule has 1 saturated carbocycles. The fourth-order valence-electron chi connectivity index (χ4n) is 5.81. The third-order valence-electron chi connectivity index (χ3n) is 7.89. The zero-order chi connectivity index (χ0) is 24.6. The molecular weight excluding hydrogens is 456 g/mol. The van der Waals surface area contributed by atoms with Gasteiger partial charge in [0.25, 0.3) is 0 Å². The highest BCUT2D eigenvalue weighted by Gasteiger charge is 2.29. The molecule has 1 aromatic carbocycles. The van der Waals surface area contributed by atoms with E-state index in [1.165, 1.54) is 49.7 Å². The van der Waals surface area contributed by atoms with Crippen molar-refractivity contribution in [2.24, 2.45) is 23.5 Å². The van der Waals surface area contributed by atoms with Crippen molar-refractivity contribution in [3.05, 3.63) is 70.4 Å². The van der Waals surface area contributed by atoms with E-state index in [1.807, 2.05) is 29.2 Å². The highest BCUT2D eigenvalue weighted by Crippen LogP contribution is 2.35. The van der Waals surface area contributed by atoms with Crippen molar-refractivity contribution in [1.82, 2.24) is 4.90 Å². The first-order valence-corrected chi connectivity index (χ1v) is 13.8. The molecule has 190 valence electrons. The Hall–Kier alpha value is -2.20. The predicted octanol–water partition coefficient (Wildman–Crippen LogP) is 7.52. The molecule has 3 atom stereocenters. The lowest BCUT2D eigenvalue weighted by molar-refractivity contribution is 0.104. The molecule has 1 aromatic rings. The van der Waals surface area contributed by atoms with Crippen LogP contribution in [0.15, 0.2) is 64.9 Å². The molecule has 0 radical (unpaired) electrons. The van der Waals surface area contributed by atoms with Crippen LogP contribution in [-0.2, 0) is 4.74 Å². The molecule has 4 rings (SSSR count). The zero-order valence-corrected chi connectivity index (χ0v) is 21.9.